The minimum absolute atomic E-state index is 0.252. The molecule has 0 aliphatic carbocycles. The Morgan fingerprint density at radius 2 is 1.43 bits per heavy atom. The SMILES string of the molecule is NC(=O)N(CCI=O)c1ccc(N2CCN(CC3CCN(CCN4CCC(n5nc(-c6ccc(Oc7ccccc7)cc6)c6c(N)ncnc65)CC4)CC3)CC2)cc1. The largest absolute Gasteiger partial charge is 0.457 e. The lowest BCUT2D eigenvalue weighted by atomic mass is 9.96. The zero-order valence-corrected chi connectivity index (χ0v) is 35.2. The number of hydrogen-bond acceptors (Lipinski definition) is 11. The van der Waals surface area contributed by atoms with Crippen LogP contribution in [-0.2, 0) is 3.07 Å². The minimum Gasteiger partial charge on any atom is -0.457 e. The molecule has 5 aromatic rings. The molecule has 3 aliphatic heterocycles. The fourth-order valence-electron chi connectivity index (χ4n) is 8.70. The van der Waals surface area contributed by atoms with E-state index in [1.165, 1.54) is 37.4 Å². The van der Waals surface area contributed by atoms with Gasteiger partial charge in [0, 0.05) is 86.8 Å². The number of alkyl halides is 1. The van der Waals surface area contributed by atoms with Crippen molar-refractivity contribution in [2.45, 2.75) is 31.7 Å². The molecule has 0 unspecified atom stereocenters. The second kappa shape index (κ2) is 18.9. The number of carbonyl (C=O) groups is 1. The first-order chi connectivity index (χ1) is 28.4. The zero-order chi connectivity index (χ0) is 39.8. The number of nitrogens with zero attached hydrogens (tertiary/aromatic N) is 9. The highest BCUT2D eigenvalue weighted by Gasteiger charge is 2.28. The molecule has 5 heterocycles. The summed E-state index contributed by atoms with van der Waals surface area (Å²) in [5.74, 6) is 2.76. The summed E-state index contributed by atoms with van der Waals surface area (Å²) in [7, 11) is 0. The fourth-order valence-corrected chi connectivity index (χ4v) is 9.38. The number of halogens is 1. The Labute approximate surface area is 350 Å². The second-order valence-corrected chi connectivity index (χ2v) is 17.3. The summed E-state index contributed by atoms with van der Waals surface area (Å²) in [5.41, 5.74) is 16.5. The number of piperidine rings is 2. The van der Waals surface area contributed by atoms with E-state index in [0.29, 0.717) is 16.8 Å². The predicted molar refractivity (Wildman–Crippen MR) is 237 cm³/mol. The monoisotopic (exact) mass is 899 g/mol. The molecular weight excluding hydrogens is 845 g/mol. The highest BCUT2D eigenvalue weighted by atomic mass is 127. The maximum Gasteiger partial charge on any atom is 0.319 e. The Balaban J connectivity index is 0.768. The molecule has 0 spiro atoms. The molecule has 2 aromatic heterocycles. The summed E-state index contributed by atoms with van der Waals surface area (Å²) < 4.78 is 19.6. The van der Waals surface area contributed by atoms with Crippen LogP contribution in [0.15, 0.2) is 85.2 Å². The van der Waals surface area contributed by atoms with Crippen LogP contribution in [0.2, 0.25) is 0 Å². The molecule has 0 saturated carbocycles. The first-order valence-corrected chi connectivity index (χ1v) is 22.9. The number of ether oxygens (including phenoxy) is 1. The van der Waals surface area contributed by atoms with Crippen molar-refractivity contribution in [3.05, 3.63) is 85.2 Å². The topological polar surface area (TPSA) is 155 Å². The number of hydrogen-bond donors (Lipinski definition) is 2. The number of likely N-dealkylation sites (tertiary alicyclic amines) is 2. The van der Waals surface area contributed by atoms with Gasteiger partial charge in [-0.1, -0.05) is 18.2 Å². The average molecular weight is 900 g/mol. The van der Waals surface area contributed by atoms with Gasteiger partial charge in [-0.05, 0) is 105 Å². The molecule has 306 valence electrons. The number of carbonyl (C=O) groups excluding carboxylic acids is 1. The maximum atomic E-state index is 11.9. The zero-order valence-electron chi connectivity index (χ0n) is 33.0. The van der Waals surface area contributed by atoms with Gasteiger partial charge in [0.1, 0.15) is 50.5 Å². The molecule has 58 heavy (non-hydrogen) atoms. The van der Waals surface area contributed by atoms with E-state index in [1.54, 1.807) is 6.33 Å². The first-order valence-electron chi connectivity index (χ1n) is 20.5. The number of para-hydroxylation sites is 1. The molecule has 8 rings (SSSR count). The van der Waals surface area contributed by atoms with Gasteiger partial charge >= 0.3 is 6.03 Å². The summed E-state index contributed by atoms with van der Waals surface area (Å²) in [6.07, 6.45) is 6.10. The van der Waals surface area contributed by atoms with Gasteiger partial charge in [-0.25, -0.2) is 19.4 Å². The van der Waals surface area contributed by atoms with E-state index in [2.05, 4.69) is 46.4 Å². The van der Waals surface area contributed by atoms with Gasteiger partial charge in [0.2, 0.25) is 0 Å². The number of aromatic nitrogens is 4. The maximum absolute atomic E-state index is 11.9. The predicted octanol–water partition coefficient (Wildman–Crippen LogP) is 6.24. The molecule has 3 saturated heterocycles. The highest BCUT2D eigenvalue weighted by molar-refractivity contribution is 14.1. The number of amides is 2. The highest BCUT2D eigenvalue weighted by Crippen LogP contribution is 2.35. The summed E-state index contributed by atoms with van der Waals surface area (Å²) >= 11 is -1.13. The summed E-state index contributed by atoms with van der Waals surface area (Å²) in [6.45, 7) is 12.3. The van der Waals surface area contributed by atoms with Gasteiger partial charge in [-0.3, -0.25) is 12.9 Å². The molecule has 0 radical (unpaired) electrons. The van der Waals surface area contributed by atoms with Crippen molar-refractivity contribution in [2.24, 2.45) is 11.7 Å². The van der Waals surface area contributed by atoms with E-state index in [4.69, 9.17) is 21.3 Å². The van der Waals surface area contributed by atoms with Crippen LogP contribution in [0.3, 0.4) is 0 Å². The molecule has 3 aliphatic rings. The van der Waals surface area contributed by atoms with E-state index in [1.807, 2.05) is 66.7 Å². The number of nitrogen functional groups attached to an aromatic ring is 1. The lowest BCUT2D eigenvalue weighted by molar-refractivity contribution is 0.115. The molecule has 3 fully saturated rings. The third kappa shape index (κ3) is 9.59. The molecule has 0 atom stereocenters. The van der Waals surface area contributed by atoms with Crippen LogP contribution in [0.5, 0.6) is 11.5 Å². The number of benzene rings is 3. The summed E-state index contributed by atoms with van der Waals surface area (Å²) in [4.78, 5) is 32.7. The molecule has 15 heteroatoms. The minimum atomic E-state index is -1.13. The van der Waals surface area contributed by atoms with E-state index in [-0.39, 0.29) is 6.04 Å². The van der Waals surface area contributed by atoms with Crippen molar-refractivity contribution in [3.63, 3.8) is 0 Å². The smallest absolute Gasteiger partial charge is 0.319 e. The number of urea groups is 1. The van der Waals surface area contributed by atoms with Crippen LogP contribution in [-0.4, -0.2) is 123 Å². The lowest BCUT2D eigenvalue weighted by Crippen LogP contribution is -2.49. The Kier molecular flexibility index (Phi) is 13.1. The average Bonchev–Trinajstić information content (AvgIpc) is 3.66. The van der Waals surface area contributed by atoms with E-state index in [0.717, 1.165) is 116 Å². The van der Waals surface area contributed by atoms with E-state index < -0.39 is 27.2 Å². The molecule has 14 nitrogen and oxygen atoms in total. The van der Waals surface area contributed by atoms with Gasteiger partial charge in [-0.15, -0.1) is 0 Å². The number of primary amides is 1. The number of piperazine rings is 1. The molecule has 4 N–H and O–H groups in total. The molecule has 2 amide bonds. The van der Waals surface area contributed by atoms with Crippen molar-refractivity contribution >= 4 is 55.4 Å². The molecule has 3 aromatic carbocycles. The number of nitrogens with two attached hydrogens (primary N) is 2. The summed E-state index contributed by atoms with van der Waals surface area (Å²) in [5, 5.41) is 5.93. The Morgan fingerprint density at radius 3 is 2.09 bits per heavy atom. The standard InChI is InChI=1S/C43H54IN11O3/c45-41-39-40(33-6-12-38(13-7-33)58-37-4-2-1-3-5-37)49-55(42(39)48-31-47-41)36-16-21-51(22-17-36)25-24-50-19-14-32(15-20-50)30-52-26-28-53(29-27-52)34-8-10-35(11-9-34)54(43(46)56)23-18-44-57/h1-13,31-32,36H,14-30H2,(H2,46,56)(H2,45,47,48). The second-order valence-electron chi connectivity index (χ2n) is 15.6. The van der Waals surface area contributed by atoms with Crippen molar-refractivity contribution < 1.29 is 12.6 Å². The van der Waals surface area contributed by atoms with Gasteiger partial charge < -0.3 is 30.9 Å². The van der Waals surface area contributed by atoms with E-state index >= 15 is 0 Å². The van der Waals surface area contributed by atoms with Crippen molar-refractivity contribution in [1.82, 2.24) is 34.4 Å². The fraction of sp³-hybridized carbons (Fsp3) is 0.442. The van der Waals surface area contributed by atoms with Gasteiger partial charge in [-0.2, -0.15) is 5.10 Å². The van der Waals surface area contributed by atoms with Crippen LogP contribution in [0.25, 0.3) is 22.3 Å². The molecular formula is C43H54IN11O3. The van der Waals surface area contributed by atoms with Crippen LogP contribution in [0, 0.1) is 5.92 Å². The first kappa shape index (κ1) is 40.1. The number of anilines is 3. The van der Waals surface area contributed by atoms with Gasteiger partial charge in [0.15, 0.2) is 5.65 Å². The Bertz CT molecular complexity index is 2110. The van der Waals surface area contributed by atoms with Crippen molar-refractivity contribution in [2.75, 3.05) is 98.5 Å². The number of fused-ring (bicyclic) bond motifs is 1. The lowest BCUT2D eigenvalue weighted by Gasteiger charge is -2.40. The Morgan fingerprint density at radius 1 is 0.776 bits per heavy atom. The van der Waals surface area contributed by atoms with Crippen LogP contribution in [0.4, 0.5) is 22.0 Å². The Hall–Kier alpha value is -4.71. The van der Waals surface area contributed by atoms with Crippen LogP contribution in [0.1, 0.15) is 31.7 Å². The third-order valence-electron chi connectivity index (χ3n) is 12.0. The van der Waals surface area contributed by atoms with Crippen LogP contribution >= 0.6 is 21.2 Å². The van der Waals surface area contributed by atoms with Gasteiger partial charge in [0.05, 0.1) is 11.4 Å². The van der Waals surface area contributed by atoms with Gasteiger partial charge in [0.25, 0.3) is 0 Å². The van der Waals surface area contributed by atoms with Crippen LogP contribution < -0.4 is 26.0 Å². The quantitative estimate of drug-likeness (QED) is 0.0962. The van der Waals surface area contributed by atoms with Crippen molar-refractivity contribution in [3.8, 4) is 22.8 Å². The molecule has 0 bridgehead atoms. The number of rotatable bonds is 14. The normalized spacial score (nSPS) is 17.8. The summed E-state index contributed by atoms with van der Waals surface area (Å²) in [6, 6.07) is 25.5. The van der Waals surface area contributed by atoms with E-state index in [9.17, 15) is 7.86 Å². The third-order valence-corrected chi connectivity index (χ3v) is 13.0. The van der Waals surface area contributed by atoms with Crippen molar-refractivity contribution in [1.29, 1.82) is 0 Å².